The molecule has 35 heavy (non-hydrogen) atoms. The average Bonchev–Trinajstić information content (AvgIpc) is 3.47. The summed E-state index contributed by atoms with van der Waals surface area (Å²) >= 11 is 0. The molecule has 0 spiro atoms. The summed E-state index contributed by atoms with van der Waals surface area (Å²) in [5.41, 5.74) is 4.61. The SMILES string of the molecule is CCCC(CNC(=O)OCC1c2ccccc2-c2ccccc21)C(=O)NCC1CCC(C(=O)O)O1. The molecular formula is C27H32N2O6. The number of rotatable bonds is 10. The fourth-order valence-corrected chi connectivity index (χ4v) is 4.93. The predicted molar refractivity (Wildman–Crippen MR) is 130 cm³/mol. The highest BCUT2D eigenvalue weighted by Crippen LogP contribution is 2.44. The normalized spacial score (nSPS) is 19.5. The highest BCUT2D eigenvalue weighted by molar-refractivity contribution is 5.80. The second-order valence-electron chi connectivity index (χ2n) is 9.10. The molecule has 2 aromatic carbocycles. The first-order valence-corrected chi connectivity index (χ1v) is 12.2. The van der Waals surface area contributed by atoms with E-state index in [1.54, 1.807) is 0 Å². The fraction of sp³-hybridized carbons (Fsp3) is 0.444. The van der Waals surface area contributed by atoms with Crippen molar-refractivity contribution >= 4 is 18.0 Å². The molecule has 2 amide bonds. The van der Waals surface area contributed by atoms with E-state index in [1.165, 1.54) is 0 Å². The molecule has 0 bridgehead atoms. The molecule has 2 aliphatic rings. The van der Waals surface area contributed by atoms with Crippen LogP contribution in [-0.4, -0.2) is 55.0 Å². The molecule has 1 fully saturated rings. The highest BCUT2D eigenvalue weighted by Gasteiger charge is 2.31. The maximum Gasteiger partial charge on any atom is 0.407 e. The van der Waals surface area contributed by atoms with Crippen molar-refractivity contribution in [2.45, 2.75) is 50.7 Å². The number of hydrogen-bond acceptors (Lipinski definition) is 5. The molecule has 3 unspecified atom stereocenters. The Hall–Kier alpha value is -3.39. The second kappa shape index (κ2) is 11.4. The number of carboxylic acid groups (broad SMARTS) is 1. The van der Waals surface area contributed by atoms with E-state index >= 15 is 0 Å². The number of benzene rings is 2. The summed E-state index contributed by atoms with van der Waals surface area (Å²) in [5.74, 6) is -1.59. The van der Waals surface area contributed by atoms with Crippen molar-refractivity contribution in [2.24, 2.45) is 5.92 Å². The number of ether oxygens (including phenoxy) is 2. The lowest BCUT2D eigenvalue weighted by Gasteiger charge is -2.19. The number of amides is 2. The predicted octanol–water partition coefficient (Wildman–Crippen LogP) is 3.69. The summed E-state index contributed by atoms with van der Waals surface area (Å²) in [5, 5.41) is 14.6. The van der Waals surface area contributed by atoms with E-state index in [-0.39, 0.29) is 37.6 Å². The summed E-state index contributed by atoms with van der Waals surface area (Å²) in [6.45, 7) is 2.62. The quantitative estimate of drug-likeness (QED) is 0.478. The number of nitrogens with one attached hydrogen (secondary N) is 2. The third kappa shape index (κ3) is 5.82. The van der Waals surface area contributed by atoms with Crippen LogP contribution in [0.1, 0.15) is 49.7 Å². The number of fused-ring (bicyclic) bond motifs is 3. The molecule has 4 rings (SSSR count). The maximum atomic E-state index is 12.7. The lowest BCUT2D eigenvalue weighted by molar-refractivity contribution is -0.149. The first kappa shape index (κ1) is 24.7. The molecular weight excluding hydrogens is 448 g/mol. The van der Waals surface area contributed by atoms with Crippen LogP contribution in [0.15, 0.2) is 48.5 Å². The minimum Gasteiger partial charge on any atom is -0.479 e. The van der Waals surface area contributed by atoms with Gasteiger partial charge in [-0.2, -0.15) is 0 Å². The van der Waals surface area contributed by atoms with Crippen molar-refractivity contribution < 1.29 is 29.0 Å². The lowest BCUT2D eigenvalue weighted by atomic mass is 9.98. The van der Waals surface area contributed by atoms with Crippen LogP contribution in [0.4, 0.5) is 4.79 Å². The Kier molecular flexibility index (Phi) is 8.02. The minimum absolute atomic E-state index is 0.0241. The fourth-order valence-electron chi connectivity index (χ4n) is 4.93. The highest BCUT2D eigenvalue weighted by atomic mass is 16.5. The van der Waals surface area contributed by atoms with Gasteiger partial charge in [0.15, 0.2) is 6.10 Å². The molecule has 3 atom stereocenters. The number of hydrogen-bond donors (Lipinski definition) is 3. The smallest absolute Gasteiger partial charge is 0.407 e. The first-order chi connectivity index (χ1) is 17.0. The Bertz CT molecular complexity index is 1030. The van der Waals surface area contributed by atoms with Crippen LogP contribution in [0.5, 0.6) is 0 Å². The summed E-state index contributed by atoms with van der Waals surface area (Å²) in [4.78, 5) is 36.2. The largest absolute Gasteiger partial charge is 0.479 e. The summed E-state index contributed by atoms with van der Waals surface area (Å²) < 4.78 is 11.0. The molecule has 1 heterocycles. The maximum absolute atomic E-state index is 12.7. The van der Waals surface area contributed by atoms with Gasteiger partial charge < -0.3 is 25.2 Å². The van der Waals surface area contributed by atoms with Crippen molar-refractivity contribution in [1.29, 1.82) is 0 Å². The Labute approximate surface area is 205 Å². The van der Waals surface area contributed by atoms with Crippen LogP contribution in [-0.2, 0) is 19.1 Å². The van der Waals surface area contributed by atoms with Crippen molar-refractivity contribution in [2.75, 3.05) is 19.7 Å². The molecule has 8 heteroatoms. The van der Waals surface area contributed by atoms with Crippen LogP contribution in [0.3, 0.4) is 0 Å². The standard InChI is InChI=1S/C27H32N2O6/c1-2-7-17(25(30)28-15-18-12-13-24(35-18)26(31)32)14-29-27(33)34-16-23-21-10-5-3-8-19(21)20-9-4-6-11-22(20)23/h3-6,8-11,17-18,23-24H,2,7,12-16H2,1H3,(H,28,30)(H,29,33)(H,31,32). The van der Waals surface area contributed by atoms with Crippen LogP contribution in [0, 0.1) is 5.92 Å². The Morgan fingerprint density at radius 3 is 2.29 bits per heavy atom. The number of aliphatic carboxylic acids is 1. The van der Waals surface area contributed by atoms with E-state index in [2.05, 4.69) is 34.9 Å². The first-order valence-electron chi connectivity index (χ1n) is 12.2. The summed E-state index contributed by atoms with van der Waals surface area (Å²) in [7, 11) is 0. The molecule has 1 saturated heterocycles. The summed E-state index contributed by atoms with van der Waals surface area (Å²) in [6, 6.07) is 16.3. The zero-order valence-electron chi connectivity index (χ0n) is 19.9. The van der Waals surface area contributed by atoms with E-state index in [0.29, 0.717) is 19.3 Å². The van der Waals surface area contributed by atoms with Gasteiger partial charge in [-0.05, 0) is 41.5 Å². The third-order valence-corrected chi connectivity index (χ3v) is 6.73. The number of carboxylic acids is 1. The van der Waals surface area contributed by atoms with E-state index in [4.69, 9.17) is 14.6 Å². The third-order valence-electron chi connectivity index (χ3n) is 6.73. The molecule has 186 valence electrons. The van der Waals surface area contributed by atoms with Gasteiger partial charge in [0.2, 0.25) is 5.91 Å². The van der Waals surface area contributed by atoms with Crippen LogP contribution in [0.2, 0.25) is 0 Å². The Morgan fingerprint density at radius 1 is 1.03 bits per heavy atom. The average molecular weight is 481 g/mol. The Balaban J connectivity index is 1.26. The van der Waals surface area contributed by atoms with Crippen LogP contribution >= 0.6 is 0 Å². The van der Waals surface area contributed by atoms with Crippen molar-refractivity contribution in [3.63, 3.8) is 0 Å². The lowest BCUT2D eigenvalue weighted by Crippen LogP contribution is -2.41. The molecule has 0 radical (unpaired) electrons. The van der Waals surface area contributed by atoms with Crippen molar-refractivity contribution in [3.8, 4) is 11.1 Å². The van der Waals surface area contributed by atoms with E-state index in [9.17, 15) is 14.4 Å². The number of carbonyl (C=O) groups excluding carboxylic acids is 2. The molecule has 1 aliphatic carbocycles. The van der Waals surface area contributed by atoms with Gasteiger partial charge in [-0.25, -0.2) is 9.59 Å². The van der Waals surface area contributed by atoms with Gasteiger partial charge in [0.1, 0.15) is 6.61 Å². The minimum atomic E-state index is -0.977. The van der Waals surface area contributed by atoms with E-state index < -0.39 is 24.1 Å². The van der Waals surface area contributed by atoms with E-state index in [1.807, 2.05) is 31.2 Å². The molecule has 2 aromatic rings. The van der Waals surface area contributed by atoms with E-state index in [0.717, 1.165) is 28.7 Å². The van der Waals surface area contributed by atoms with Crippen LogP contribution in [0.25, 0.3) is 11.1 Å². The zero-order valence-corrected chi connectivity index (χ0v) is 19.9. The molecule has 8 nitrogen and oxygen atoms in total. The monoisotopic (exact) mass is 480 g/mol. The van der Waals surface area contributed by atoms with Gasteiger partial charge in [-0.3, -0.25) is 4.79 Å². The van der Waals surface area contributed by atoms with Gasteiger partial charge in [-0.15, -0.1) is 0 Å². The zero-order chi connectivity index (χ0) is 24.8. The van der Waals surface area contributed by atoms with Crippen molar-refractivity contribution in [1.82, 2.24) is 10.6 Å². The van der Waals surface area contributed by atoms with Gasteiger partial charge in [-0.1, -0.05) is 61.9 Å². The molecule has 0 saturated carbocycles. The second-order valence-corrected chi connectivity index (χ2v) is 9.10. The van der Waals surface area contributed by atoms with Crippen molar-refractivity contribution in [3.05, 3.63) is 59.7 Å². The molecule has 1 aliphatic heterocycles. The molecule has 3 N–H and O–H groups in total. The van der Waals surface area contributed by atoms with Gasteiger partial charge >= 0.3 is 12.1 Å². The molecule has 0 aromatic heterocycles. The van der Waals surface area contributed by atoms with Gasteiger partial charge in [0, 0.05) is 19.0 Å². The van der Waals surface area contributed by atoms with Crippen LogP contribution < -0.4 is 10.6 Å². The number of carbonyl (C=O) groups is 3. The Morgan fingerprint density at radius 2 is 1.69 bits per heavy atom. The van der Waals surface area contributed by atoms with Gasteiger partial charge in [0.05, 0.1) is 12.0 Å². The number of alkyl carbamates (subject to hydrolysis) is 1. The summed E-state index contributed by atoms with van der Waals surface area (Å²) in [6.07, 6.45) is 0.760. The topological polar surface area (TPSA) is 114 Å². The van der Waals surface area contributed by atoms with Gasteiger partial charge in [0.25, 0.3) is 0 Å².